The Kier molecular flexibility index (Phi) is 4.83. The third-order valence-electron chi connectivity index (χ3n) is 5.25. The number of phenolic OH excluding ortho intramolecular Hbond substituents is 1. The van der Waals surface area contributed by atoms with Crippen molar-refractivity contribution in [2.45, 2.75) is 16.7 Å². The molecular formula is C24H19N5O3S. The molecular weight excluding hydrogens is 438 g/mol. The average Bonchev–Trinajstić information content (AvgIpc) is 3.07. The third-order valence-corrected chi connectivity index (χ3v) is 7.06. The van der Waals surface area contributed by atoms with Crippen molar-refractivity contribution in [3.63, 3.8) is 0 Å². The van der Waals surface area contributed by atoms with Crippen LogP contribution in [0.2, 0.25) is 0 Å². The first-order valence-corrected chi connectivity index (χ1v) is 11.6. The van der Waals surface area contributed by atoms with Gasteiger partial charge in [0.05, 0.1) is 22.1 Å². The molecule has 0 saturated carbocycles. The summed E-state index contributed by atoms with van der Waals surface area (Å²) in [7, 11) is -4.03. The van der Waals surface area contributed by atoms with Gasteiger partial charge in [0.2, 0.25) is 9.84 Å². The van der Waals surface area contributed by atoms with Gasteiger partial charge in [-0.05, 0) is 48.9 Å². The summed E-state index contributed by atoms with van der Waals surface area (Å²) in [6.45, 7) is 1.82. The van der Waals surface area contributed by atoms with Crippen LogP contribution in [-0.4, -0.2) is 34.4 Å². The SMILES string of the molecule is Cc1cccc(S(=O)(=O)c2c(N)n(N=Cc3ccccc3O)c3nc4ccccc4nc23)c1. The lowest BCUT2D eigenvalue weighted by Crippen LogP contribution is -2.07. The first-order chi connectivity index (χ1) is 15.9. The summed E-state index contributed by atoms with van der Waals surface area (Å²) in [5.74, 6) is -0.0890. The van der Waals surface area contributed by atoms with Crippen molar-refractivity contribution < 1.29 is 13.5 Å². The molecule has 0 amide bonds. The largest absolute Gasteiger partial charge is 0.507 e. The number of benzene rings is 3. The standard InChI is InChI=1S/C24H19N5O3S/c1-15-7-6-9-17(13-15)33(31,32)22-21-24(28-19-11-4-3-10-18(19)27-21)29(23(22)25)26-14-16-8-2-5-12-20(16)30/h2-14,30H,25H2,1H3. The van der Waals surface area contributed by atoms with Crippen molar-refractivity contribution in [1.82, 2.24) is 14.6 Å². The van der Waals surface area contributed by atoms with Crippen LogP contribution >= 0.6 is 0 Å². The van der Waals surface area contributed by atoms with Gasteiger partial charge in [0.25, 0.3) is 0 Å². The van der Waals surface area contributed by atoms with Gasteiger partial charge in [0.1, 0.15) is 22.0 Å². The number of nitrogens with zero attached hydrogens (tertiary/aromatic N) is 4. The molecule has 0 radical (unpaired) electrons. The Morgan fingerprint density at radius 1 is 0.970 bits per heavy atom. The van der Waals surface area contributed by atoms with E-state index >= 15 is 0 Å². The van der Waals surface area contributed by atoms with Gasteiger partial charge in [-0.1, -0.05) is 36.4 Å². The summed E-state index contributed by atoms with van der Waals surface area (Å²) in [5, 5.41) is 14.4. The van der Waals surface area contributed by atoms with Gasteiger partial charge in [-0.15, -0.1) is 0 Å². The molecule has 0 aliphatic rings. The van der Waals surface area contributed by atoms with Crippen molar-refractivity contribution >= 4 is 44.1 Å². The summed E-state index contributed by atoms with van der Waals surface area (Å²) in [5.41, 5.74) is 9.04. The second-order valence-corrected chi connectivity index (χ2v) is 9.42. The van der Waals surface area contributed by atoms with Crippen LogP contribution in [0.1, 0.15) is 11.1 Å². The van der Waals surface area contributed by atoms with Gasteiger partial charge in [0, 0.05) is 5.56 Å². The van der Waals surface area contributed by atoms with Crippen LogP contribution < -0.4 is 5.73 Å². The van der Waals surface area contributed by atoms with Gasteiger partial charge < -0.3 is 10.8 Å². The van der Waals surface area contributed by atoms with E-state index in [9.17, 15) is 13.5 Å². The van der Waals surface area contributed by atoms with E-state index in [0.29, 0.717) is 16.6 Å². The molecule has 0 saturated heterocycles. The number of aromatic nitrogens is 3. The van der Waals surface area contributed by atoms with Gasteiger partial charge in [-0.25, -0.2) is 18.4 Å². The van der Waals surface area contributed by atoms with Crippen LogP contribution in [0, 0.1) is 6.92 Å². The minimum absolute atomic E-state index is 0.0282. The van der Waals surface area contributed by atoms with Gasteiger partial charge in [-0.2, -0.15) is 9.78 Å². The van der Waals surface area contributed by atoms with Gasteiger partial charge in [0.15, 0.2) is 5.65 Å². The molecule has 5 rings (SSSR count). The molecule has 2 heterocycles. The molecule has 5 aromatic rings. The first kappa shape index (κ1) is 20.7. The van der Waals surface area contributed by atoms with Crippen molar-refractivity contribution in [2.75, 3.05) is 5.73 Å². The highest BCUT2D eigenvalue weighted by molar-refractivity contribution is 7.92. The summed E-state index contributed by atoms with van der Waals surface area (Å²) < 4.78 is 28.5. The molecule has 0 bridgehead atoms. The maximum Gasteiger partial charge on any atom is 0.212 e. The number of para-hydroxylation sites is 3. The van der Waals surface area contributed by atoms with Gasteiger partial charge in [-0.3, -0.25) is 0 Å². The Bertz CT molecular complexity index is 1670. The molecule has 33 heavy (non-hydrogen) atoms. The monoisotopic (exact) mass is 457 g/mol. The van der Waals surface area contributed by atoms with Crippen LogP contribution in [0.15, 0.2) is 87.7 Å². The van der Waals surface area contributed by atoms with Crippen LogP contribution in [0.3, 0.4) is 0 Å². The second kappa shape index (κ2) is 7.72. The number of nitrogen functional groups attached to an aromatic ring is 1. The third kappa shape index (κ3) is 3.48. The maximum absolute atomic E-state index is 13.6. The van der Waals surface area contributed by atoms with E-state index in [1.807, 2.05) is 19.1 Å². The summed E-state index contributed by atoms with van der Waals surface area (Å²) in [6.07, 6.45) is 1.39. The van der Waals surface area contributed by atoms with E-state index in [0.717, 1.165) is 5.56 Å². The zero-order valence-corrected chi connectivity index (χ0v) is 18.4. The van der Waals surface area contributed by atoms with Crippen molar-refractivity contribution in [1.29, 1.82) is 0 Å². The minimum atomic E-state index is -4.03. The van der Waals surface area contributed by atoms with Crippen molar-refractivity contribution in [3.8, 4) is 5.75 Å². The topological polar surface area (TPSA) is 123 Å². The number of hydrogen-bond donors (Lipinski definition) is 2. The van der Waals surface area contributed by atoms with E-state index in [-0.39, 0.29) is 32.5 Å². The Hall–Kier alpha value is -4.24. The molecule has 3 N–H and O–H groups in total. The van der Waals surface area contributed by atoms with Gasteiger partial charge >= 0.3 is 0 Å². The Morgan fingerprint density at radius 3 is 2.39 bits per heavy atom. The molecule has 164 valence electrons. The number of phenols is 1. The van der Waals surface area contributed by atoms with E-state index in [2.05, 4.69) is 15.1 Å². The van der Waals surface area contributed by atoms with Crippen LogP contribution in [0.25, 0.3) is 22.2 Å². The zero-order valence-electron chi connectivity index (χ0n) is 17.5. The molecule has 0 aliphatic heterocycles. The minimum Gasteiger partial charge on any atom is -0.507 e. The Balaban J connectivity index is 1.82. The molecule has 8 nitrogen and oxygen atoms in total. The lowest BCUT2D eigenvalue weighted by molar-refractivity contribution is 0.474. The lowest BCUT2D eigenvalue weighted by atomic mass is 10.2. The van der Waals surface area contributed by atoms with E-state index < -0.39 is 9.84 Å². The number of aryl methyl sites for hydroxylation is 1. The predicted molar refractivity (Wildman–Crippen MR) is 127 cm³/mol. The number of hydrogen-bond acceptors (Lipinski definition) is 7. The maximum atomic E-state index is 13.6. The quantitative estimate of drug-likeness (QED) is 0.395. The Morgan fingerprint density at radius 2 is 1.67 bits per heavy atom. The molecule has 0 aliphatic carbocycles. The molecule has 0 unspecified atom stereocenters. The van der Waals surface area contributed by atoms with Crippen LogP contribution in [0.4, 0.5) is 5.82 Å². The first-order valence-electron chi connectivity index (χ1n) is 10.1. The highest BCUT2D eigenvalue weighted by atomic mass is 32.2. The molecule has 2 aromatic heterocycles. The highest BCUT2D eigenvalue weighted by Gasteiger charge is 2.30. The van der Waals surface area contributed by atoms with Crippen molar-refractivity contribution in [2.24, 2.45) is 5.10 Å². The van der Waals surface area contributed by atoms with Crippen molar-refractivity contribution in [3.05, 3.63) is 83.9 Å². The summed E-state index contributed by atoms with van der Waals surface area (Å²) in [6, 6.07) is 20.4. The predicted octanol–water partition coefficient (Wildman–Crippen LogP) is 3.90. The normalized spacial score (nSPS) is 12.2. The molecule has 3 aromatic carbocycles. The van der Waals surface area contributed by atoms with E-state index in [4.69, 9.17) is 5.73 Å². The zero-order chi connectivity index (χ0) is 23.2. The molecule has 0 fully saturated rings. The van der Waals surface area contributed by atoms with Crippen LogP contribution in [0.5, 0.6) is 5.75 Å². The average molecular weight is 458 g/mol. The van der Waals surface area contributed by atoms with Crippen LogP contribution in [-0.2, 0) is 9.84 Å². The second-order valence-electron chi connectivity index (χ2n) is 7.53. The molecule has 9 heteroatoms. The van der Waals surface area contributed by atoms with E-state index in [1.54, 1.807) is 48.5 Å². The molecule has 0 atom stereocenters. The summed E-state index contributed by atoms with van der Waals surface area (Å²) >= 11 is 0. The molecule has 0 spiro atoms. The number of sulfone groups is 1. The number of nitrogens with two attached hydrogens (primary N) is 1. The fourth-order valence-electron chi connectivity index (χ4n) is 3.62. The van der Waals surface area contributed by atoms with E-state index in [1.165, 1.54) is 23.0 Å². The number of rotatable bonds is 4. The fraction of sp³-hybridized carbons (Fsp3) is 0.0417. The Labute approximate surface area is 189 Å². The highest BCUT2D eigenvalue weighted by Crippen LogP contribution is 2.35. The lowest BCUT2D eigenvalue weighted by Gasteiger charge is -2.06. The number of fused-ring (bicyclic) bond motifs is 2. The number of anilines is 1. The summed E-state index contributed by atoms with van der Waals surface area (Å²) in [4.78, 5) is 9.13. The number of aromatic hydroxyl groups is 1. The smallest absolute Gasteiger partial charge is 0.212 e. The fourth-order valence-corrected chi connectivity index (χ4v) is 5.21.